The van der Waals surface area contributed by atoms with Crippen molar-refractivity contribution in [1.82, 2.24) is 10.2 Å². The van der Waals surface area contributed by atoms with Crippen molar-refractivity contribution < 1.29 is 33.5 Å². The van der Waals surface area contributed by atoms with Crippen molar-refractivity contribution in [2.24, 2.45) is 0 Å². The van der Waals surface area contributed by atoms with E-state index in [1.54, 1.807) is 18.2 Å². The predicted octanol–water partition coefficient (Wildman–Crippen LogP) is 1.70. The van der Waals surface area contributed by atoms with Gasteiger partial charge in [-0.3, -0.25) is 24.5 Å². The van der Waals surface area contributed by atoms with Gasteiger partial charge >= 0.3 is 11.7 Å². The molecule has 1 heterocycles. The lowest BCUT2D eigenvalue weighted by Gasteiger charge is -2.35. The Kier molecular flexibility index (Phi) is 8.38. The number of hydrogen-bond acceptors (Lipinski definition) is 8. The molecule has 2 unspecified atom stereocenters. The van der Waals surface area contributed by atoms with Crippen LogP contribution in [-0.4, -0.2) is 66.1 Å². The highest BCUT2D eigenvalue weighted by atomic mass is 16.6. The highest BCUT2D eigenvalue weighted by molar-refractivity contribution is 5.93. The number of amides is 2. The molecular weight excluding hydrogens is 446 g/mol. The molecule has 1 aliphatic heterocycles. The molecule has 2 aromatic rings. The van der Waals surface area contributed by atoms with E-state index in [2.05, 4.69) is 5.32 Å². The molecule has 11 heteroatoms. The summed E-state index contributed by atoms with van der Waals surface area (Å²) < 4.78 is 16.1. The van der Waals surface area contributed by atoms with E-state index in [0.29, 0.717) is 5.75 Å². The van der Waals surface area contributed by atoms with Gasteiger partial charge in [0.15, 0.2) is 11.9 Å². The SMILES string of the molecule is CC(Oc1ccccc1[N+](=O)[O-])C(=O)N1CCNC(=O)C1CC(=O)OCCOc1ccccc1. The quantitative estimate of drug-likeness (QED) is 0.239. The monoisotopic (exact) mass is 471 g/mol. The van der Waals surface area contributed by atoms with Crippen LogP contribution in [0.1, 0.15) is 13.3 Å². The summed E-state index contributed by atoms with van der Waals surface area (Å²) in [4.78, 5) is 49.6. The fourth-order valence-electron chi connectivity index (χ4n) is 3.41. The van der Waals surface area contributed by atoms with E-state index in [-0.39, 0.29) is 44.2 Å². The van der Waals surface area contributed by atoms with Crippen LogP contribution in [0.5, 0.6) is 11.5 Å². The summed E-state index contributed by atoms with van der Waals surface area (Å²) in [5.41, 5.74) is -0.281. The minimum Gasteiger partial charge on any atom is -0.490 e. The summed E-state index contributed by atoms with van der Waals surface area (Å²) >= 11 is 0. The standard InChI is InChI=1S/C23H25N3O8/c1-16(34-20-10-6-5-9-18(20)26(30)31)23(29)25-12-11-24-22(28)19(25)15-21(27)33-14-13-32-17-7-3-2-4-8-17/h2-10,16,19H,11-15H2,1H3,(H,24,28). The second-order valence-corrected chi connectivity index (χ2v) is 7.41. The predicted molar refractivity (Wildman–Crippen MR) is 119 cm³/mol. The molecule has 0 radical (unpaired) electrons. The van der Waals surface area contributed by atoms with E-state index < -0.39 is 34.9 Å². The number of para-hydroxylation sites is 3. The number of hydrogen-bond donors (Lipinski definition) is 1. The van der Waals surface area contributed by atoms with Crippen LogP contribution in [0, 0.1) is 10.1 Å². The van der Waals surface area contributed by atoms with E-state index >= 15 is 0 Å². The van der Waals surface area contributed by atoms with Gasteiger partial charge in [-0.1, -0.05) is 30.3 Å². The number of esters is 1. The minimum absolute atomic E-state index is 0.0206. The zero-order valence-electron chi connectivity index (χ0n) is 18.5. The normalized spacial score (nSPS) is 16.2. The van der Waals surface area contributed by atoms with Crippen LogP contribution in [0.2, 0.25) is 0 Å². The molecule has 34 heavy (non-hydrogen) atoms. The molecule has 2 atom stereocenters. The first kappa shape index (κ1) is 24.5. The molecule has 0 aliphatic carbocycles. The molecule has 1 aliphatic rings. The highest BCUT2D eigenvalue weighted by Crippen LogP contribution is 2.27. The topological polar surface area (TPSA) is 137 Å². The second-order valence-electron chi connectivity index (χ2n) is 7.41. The first-order valence-electron chi connectivity index (χ1n) is 10.7. The van der Waals surface area contributed by atoms with Crippen molar-refractivity contribution in [1.29, 1.82) is 0 Å². The Hall–Kier alpha value is -4.15. The van der Waals surface area contributed by atoms with Gasteiger partial charge in [-0.25, -0.2) is 0 Å². The zero-order chi connectivity index (χ0) is 24.5. The third-order valence-electron chi connectivity index (χ3n) is 5.05. The molecule has 0 aromatic heterocycles. The van der Waals surface area contributed by atoms with Gasteiger partial charge in [-0.15, -0.1) is 0 Å². The lowest BCUT2D eigenvalue weighted by Crippen LogP contribution is -2.60. The maximum Gasteiger partial charge on any atom is 0.310 e. The highest BCUT2D eigenvalue weighted by Gasteiger charge is 2.37. The van der Waals surface area contributed by atoms with Crippen LogP contribution in [0.3, 0.4) is 0 Å². The Bertz CT molecular complexity index is 1030. The maximum absolute atomic E-state index is 13.0. The Labute approximate surface area is 195 Å². The molecule has 0 spiro atoms. The third kappa shape index (κ3) is 6.44. The number of benzene rings is 2. The summed E-state index contributed by atoms with van der Waals surface area (Å²) in [5.74, 6) is -1.16. The van der Waals surface area contributed by atoms with Gasteiger partial charge in [0, 0.05) is 19.2 Å². The van der Waals surface area contributed by atoms with Gasteiger partial charge in [-0.05, 0) is 25.1 Å². The molecular formula is C23H25N3O8. The summed E-state index contributed by atoms with van der Waals surface area (Å²) in [6, 6.07) is 13.6. The van der Waals surface area contributed by atoms with E-state index in [0.717, 1.165) is 0 Å². The number of nitro groups is 1. The van der Waals surface area contributed by atoms with Gasteiger partial charge in [0.05, 0.1) is 11.3 Å². The van der Waals surface area contributed by atoms with Crippen LogP contribution in [0.15, 0.2) is 54.6 Å². The number of nitrogens with one attached hydrogen (secondary N) is 1. The molecule has 1 saturated heterocycles. The molecule has 2 amide bonds. The summed E-state index contributed by atoms with van der Waals surface area (Å²) in [7, 11) is 0. The van der Waals surface area contributed by atoms with Crippen LogP contribution < -0.4 is 14.8 Å². The molecule has 11 nitrogen and oxygen atoms in total. The Morgan fingerprint density at radius 1 is 1.15 bits per heavy atom. The average Bonchev–Trinajstić information content (AvgIpc) is 2.83. The smallest absolute Gasteiger partial charge is 0.310 e. The van der Waals surface area contributed by atoms with Gasteiger partial charge < -0.3 is 24.4 Å². The van der Waals surface area contributed by atoms with Crippen LogP contribution >= 0.6 is 0 Å². The zero-order valence-corrected chi connectivity index (χ0v) is 18.5. The largest absolute Gasteiger partial charge is 0.490 e. The molecule has 0 saturated carbocycles. The Balaban J connectivity index is 1.57. The van der Waals surface area contributed by atoms with Crippen molar-refractivity contribution >= 4 is 23.5 Å². The number of ether oxygens (including phenoxy) is 3. The van der Waals surface area contributed by atoms with Gasteiger partial charge in [0.25, 0.3) is 5.91 Å². The number of piperazine rings is 1. The van der Waals surface area contributed by atoms with Crippen LogP contribution in [0.25, 0.3) is 0 Å². The number of rotatable bonds is 10. The first-order valence-corrected chi connectivity index (χ1v) is 10.7. The fourth-order valence-corrected chi connectivity index (χ4v) is 3.41. The number of carbonyl (C=O) groups is 3. The van der Waals surface area contributed by atoms with Gasteiger partial charge in [0.2, 0.25) is 5.91 Å². The van der Waals surface area contributed by atoms with Crippen molar-refractivity contribution in [3.05, 3.63) is 64.7 Å². The van der Waals surface area contributed by atoms with E-state index in [1.807, 2.05) is 18.2 Å². The lowest BCUT2D eigenvalue weighted by atomic mass is 10.1. The molecule has 0 bridgehead atoms. The first-order chi connectivity index (χ1) is 16.4. The third-order valence-corrected chi connectivity index (χ3v) is 5.05. The average molecular weight is 471 g/mol. The van der Waals surface area contributed by atoms with Gasteiger partial charge in [0.1, 0.15) is 25.0 Å². The molecule has 2 aromatic carbocycles. The molecule has 1 N–H and O–H groups in total. The Morgan fingerprint density at radius 3 is 2.59 bits per heavy atom. The van der Waals surface area contributed by atoms with Crippen LogP contribution in [0.4, 0.5) is 5.69 Å². The summed E-state index contributed by atoms with van der Waals surface area (Å²) in [5, 5.41) is 13.8. The molecule has 1 fully saturated rings. The van der Waals surface area contributed by atoms with Crippen molar-refractivity contribution in [3.8, 4) is 11.5 Å². The number of nitrogens with zero attached hydrogens (tertiary/aromatic N) is 2. The fraction of sp³-hybridized carbons (Fsp3) is 0.348. The van der Waals surface area contributed by atoms with Crippen molar-refractivity contribution in [3.63, 3.8) is 0 Å². The Morgan fingerprint density at radius 2 is 1.85 bits per heavy atom. The van der Waals surface area contributed by atoms with Crippen molar-refractivity contribution in [2.75, 3.05) is 26.3 Å². The van der Waals surface area contributed by atoms with Crippen molar-refractivity contribution in [2.45, 2.75) is 25.5 Å². The summed E-state index contributed by atoms with van der Waals surface area (Å²) in [6.45, 7) is 1.91. The number of nitro benzene ring substituents is 1. The molecule has 180 valence electrons. The van der Waals surface area contributed by atoms with E-state index in [9.17, 15) is 24.5 Å². The summed E-state index contributed by atoms with van der Waals surface area (Å²) in [6.07, 6.45) is -1.47. The van der Waals surface area contributed by atoms with Crippen LogP contribution in [-0.2, 0) is 19.1 Å². The minimum atomic E-state index is -1.12. The second kappa shape index (κ2) is 11.6. The number of carbonyl (C=O) groups excluding carboxylic acids is 3. The lowest BCUT2D eigenvalue weighted by molar-refractivity contribution is -0.386. The van der Waals surface area contributed by atoms with Gasteiger partial charge in [-0.2, -0.15) is 0 Å². The molecule has 3 rings (SSSR count). The van der Waals surface area contributed by atoms with E-state index in [1.165, 1.54) is 30.0 Å². The maximum atomic E-state index is 13.0. The van der Waals surface area contributed by atoms with E-state index in [4.69, 9.17) is 14.2 Å².